The Bertz CT molecular complexity index is 208. The molecule has 0 aliphatic heterocycles. The molecule has 0 amide bonds. The van der Waals surface area contributed by atoms with Crippen LogP contribution in [0.25, 0.3) is 0 Å². The lowest BCUT2D eigenvalue weighted by molar-refractivity contribution is 0.0518. The van der Waals surface area contributed by atoms with Gasteiger partial charge in [-0.1, -0.05) is 63.2 Å². The van der Waals surface area contributed by atoms with Crippen molar-refractivity contribution in [2.45, 2.75) is 70.2 Å². The maximum atomic E-state index is 6.34. The molecular formula is C14H30Cl2O3Si. The van der Waals surface area contributed by atoms with E-state index in [1.165, 1.54) is 0 Å². The highest BCUT2D eigenvalue weighted by Gasteiger charge is 2.57. The molecule has 0 saturated heterocycles. The molecule has 0 N–H and O–H groups in total. The average Bonchev–Trinajstić information content (AvgIpc) is 2.37. The molecule has 0 aromatic rings. The summed E-state index contributed by atoms with van der Waals surface area (Å²) in [5.74, 6) is 0. The fraction of sp³-hybridized carbons (Fsp3) is 1.00. The van der Waals surface area contributed by atoms with Crippen LogP contribution in [0, 0.1) is 0 Å². The van der Waals surface area contributed by atoms with Crippen LogP contribution < -0.4 is 0 Å². The highest BCUT2D eigenvalue weighted by molar-refractivity contribution is 6.84. The largest absolute Gasteiger partial charge is 0.538 e. The summed E-state index contributed by atoms with van der Waals surface area (Å²) >= 11 is 12.7. The Labute approximate surface area is 135 Å². The molecule has 0 aliphatic carbocycles. The van der Waals surface area contributed by atoms with Gasteiger partial charge >= 0.3 is 8.80 Å². The molecule has 0 spiro atoms. The van der Waals surface area contributed by atoms with E-state index < -0.39 is 12.8 Å². The van der Waals surface area contributed by atoms with E-state index in [2.05, 4.69) is 20.8 Å². The molecule has 0 bridgehead atoms. The van der Waals surface area contributed by atoms with Gasteiger partial charge in [-0.05, 0) is 26.2 Å². The molecular weight excluding hydrogens is 315 g/mol. The summed E-state index contributed by atoms with van der Waals surface area (Å²) < 4.78 is 16.8. The SMILES string of the molecule is CCCCO[Si](OCCCC)(OCCCC)C(C)(Cl)Cl. The quantitative estimate of drug-likeness (QED) is 0.264. The standard InChI is InChI=1S/C14H30Cl2O3Si/c1-5-8-11-17-20(14(4,15)16,18-12-9-6-2)19-13-10-7-3/h5-13H2,1-4H3. The molecule has 0 aromatic carbocycles. The van der Waals surface area contributed by atoms with Crippen molar-refractivity contribution in [1.29, 1.82) is 0 Å². The molecule has 0 aliphatic rings. The number of alkyl halides is 2. The normalized spacial score (nSPS) is 12.9. The van der Waals surface area contributed by atoms with Gasteiger partial charge in [0.25, 0.3) is 0 Å². The first-order valence-corrected chi connectivity index (χ1v) is 10.2. The van der Waals surface area contributed by atoms with Crippen molar-refractivity contribution in [2.75, 3.05) is 19.8 Å². The van der Waals surface area contributed by atoms with Gasteiger partial charge in [0.2, 0.25) is 0 Å². The van der Waals surface area contributed by atoms with Crippen molar-refractivity contribution in [3.8, 4) is 0 Å². The zero-order chi connectivity index (χ0) is 15.5. The number of halogens is 2. The number of hydrogen-bond acceptors (Lipinski definition) is 3. The first kappa shape index (κ1) is 20.7. The Morgan fingerprint density at radius 1 is 0.750 bits per heavy atom. The maximum Gasteiger partial charge on any atom is 0.538 e. The summed E-state index contributed by atoms with van der Waals surface area (Å²) in [7, 11) is -3.08. The third-order valence-corrected chi connectivity index (χ3v) is 7.12. The van der Waals surface area contributed by atoms with Gasteiger partial charge in [0, 0.05) is 19.8 Å². The topological polar surface area (TPSA) is 27.7 Å². The molecule has 6 heteroatoms. The molecule has 0 saturated carbocycles. The third-order valence-electron chi connectivity index (χ3n) is 2.91. The summed E-state index contributed by atoms with van der Waals surface area (Å²) in [6.45, 7) is 9.80. The predicted octanol–water partition coefficient (Wildman–Crippen LogP) is 5.11. The van der Waals surface area contributed by atoms with Gasteiger partial charge in [-0.15, -0.1) is 0 Å². The van der Waals surface area contributed by atoms with Crippen LogP contribution in [0.15, 0.2) is 0 Å². The van der Waals surface area contributed by atoms with Gasteiger partial charge in [0.15, 0.2) is 3.96 Å². The molecule has 122 valence electrons. The summed E-state index contributed by atoms with van der Waals surface area (Å²) in [4.78, 5) is 0. The number of rotatable bonds is 13. The van der Waals surface area contributed by atoms with E-state index in [1.807, 2.05) is 0 Å². The Balaban J connectivity index is 4.77. The molecule has 3 nitrogen and oxygen atoms in total. The smallest absolute Gasteiger partial charge is 0.372 e. The Kier molecular flexibility index (Phi) is 11.7. The van der Waals surface area contributed by atoms with Crippen molar-refractivity contribution in [3.63, 3.8) is 0 Å². The van der Waals surface area contributed by atoms with Gasteiger partial charge in [-0.25, -0.2) is 0 Å². The minimum atomic E-state index is -3.08. The molecule has 0 rings (SSSR count). The highest BCUT2D eigenvalue weighted by atomic mass is 35.5. The summed E-state index contributed by atoms with van der Waals surface area (Å²) in [5.41, 5.74) is 0. The molecule has 0 radical (unpaired) electrons. The zero-order valence-corrected chi connectivity index (χ0v) is 15.9. The van der Waals surface area contributed by atoms with Crippen molar-refractivity contribution >= 4 is 32.0 Å². The fourth-order valence-electron chi connectivity index (χ4n) is 1.56. The predicted molar refractivity (Wildman–Crippen MR) is 88.4 cm³/mol. The van der Waals surface area contributed by atoms with Crippen LogP contribution in [0.5, 0.6) is 0 Å². The number of hydrogen-bond donors (Lipinski definition) is 0. The second-order valence-electron chi connectivity index (χ2n) is 5.05. The molecule has 0 heterocycles. The van der Waals surface area contributed by atoms with Crippen LogP contribution in [-0.2, 0) is 13.3 Å². The van der Waals surface area contributed by atoms with Crippen molar-refractivity contribution in [3.05, 3.63) is 0 Å². The van der Waals surface area contributed by atoms with E-state index in [1.54, 1.807) is 6.92 Å². The van der Waals surface area contributed by atoms with Crippen LogP contribution in [0.3, 0.4) is 0 Å². The van der Waals surface area contributed by atoms with Gasteiger partial charge < -0.3 is 13.3 Å². The Hall–Kier alpha value is 0.677. The van der Waals surface area contributed by atoms with E-state index in [0.29, 0.717) is 19.8 Å². The van der Waals surface area contributed by atoms with Crippen LogP contribution in [0.4, 0.5) is 0 Å². The monoisotopic (exact) mass is 344 g/mol. The fourth-order valence-corrected chi connectivity index (χ4v) is 4.79. The first-order chi connectivity index (χ1) is 9.43. The van der Waals surface area contributed by atoms with Gasteiger partial charge in [0.05, 0.1) is 0 Å². The number of unbranched alkanes of at least 4 members (excludes halogenated alkanes) is 3. The second-order valence-corrected chi connectivity index (χ2v) is 10.4. The minimum Gasteiger partial charge on any atom is -0.372 e. The van der Waals surface area contributed by atoms with E-state index in [-0.39, 0.29) is 0 Å². The van der Waals surface area contributed by atoms with E-state index in [9.17, 15) is 0 Å². The molecule has 0 atom stereocenters. The van der Waals surface area contributed by atoms with E-state index in [0.717, 1.165) is 38.5 Å². The van der Waals surface area contributed by atoms with Gasteiger partial charge in [0.1, 0.15) is 0 Å². The first-order valence-electron chi connectivity index (χ1n) is 7.73. The summed E-state index contributed by atoms with van der Waals surface area (Å²) in [5, 5.41) is 0. The van der Waals surface area contributed by atoms with Crippen LogP contribution >= 0.6 is 23.2 Å². The van der Waals surface area contributed by atoms with E-state index in [4.69, 9.17) is 36.5 Å². The van der Waals surface area contributed by atoms with Gasteiger partial charge in [-0.2, -0.15) is 0 Å². The highest BCUT2D eigenvalue weighted by Crippen LogP contribution is 2.35. The van der Waals surface area contributed by atoms with Crippen molar-refractivity contribution in [2.24, 2.45) is 0 Å². The second kappa shape index (κ2) is 11.3. The van der Waals surface area contributed by atoms with Crippen LogP contribution in [0.2, 0.25) is 0 Å². The van der Waals surface area contributed by atoms with Gasteiger partial charge in [-0.3, -0.25) is 0 Å². The van der Waals surface area contributed by atoms with Crippen LogP contribution in [-0.4, -0.2) is 32.6 Å². The van der Waals surface area contributed by atoms with E-state index >= 15 is 0 Å². The lowest BCUT2D eigenvalue weighted by Gasteiger charge is -2.36. The summed E-state index contributed by atoms with van der Waals surface area (Å²) in [6.07, 6.45) is 6.01. The van der Waals surface area contributed by atoms with Crippen LogP contribution in [0.1, 0.15) is 66.2 Å². The Morgan fingerprint density at radius 3 is 1.25 bits per heavy atom. The Morgan fingerprint density at radius 2 is 1.05 bits per heavy atom. The third kappa shape index (κ3) is 7.62. The molecule has 0 aromatic heterocycles. The average molecular weight is 345 g/mol. The van der Waals surface area contributed by atoms with Crippen molar-refractivity contribution < 1.29 is 13.3 Å². The summed E-state index contributed by atoms with van der Waals surface area (Å²) in [6, 6.07) is 0. The molecule has 20 heavy (non-hydrogen) atoms. The molecule has 0 unspecified atom stereocenters. The zero-order valence-electron chi connectivity index (χ0n) is 13.3. The lowest BCUT2D eigenvalue weighted by atomic mass is 10.4. The van der Waals surface area contributed by atoms with Crippen molar-refractivity contribution in [1.82, 2.24) is 0 Å². The lowest BCUT2D eigenvalue weighted by Crippen LogP contribution is -2.59. The molecule has 0 fully saturated rings. The maximum absolute atomic E-state index is 6.34. The minimum absolute atomic E-state index is 0.579.